The summed E-state index contributed by atoms with van der Waals surface area (Å²) in [6.07, 6.45) is 0. The first-order chi connectivity index (χ1) is 11.2. The quantitative estimate of drug-likeness (QED) is 0.766. The molecule has 0 atom stereocenters. The fraction of sp³-hybridized carbons (Fsp3) is 0.200. The summed E-state index contributed by atoms with van der Waals surface area (Å²) < 4.78 is 4.99. The van der Waals surface area contributed by atoms with Crippen LogP contribution in [0.25, 0.3) is 10.6 Å². The van der Waals surface area contributed by atoms with E-state index in [0.29, 0.717) is 27.3 Å². The summed E-state index contributed by atoms with van der Waals surface area (Å²) in [5, 5.41) is 12.6. The number of carbonyl (C=O) groups is 1. The molecule has 0 bridgehead atoms. The third kappa shape index (κ3) is 3.61. The number of nitrogens with one attached hydrogen (secondary N) is 1. The van der Waals surface area contributed by atoms with Crippen molar-refractivity contribution < 1.29 is 9.53 Å². The summed E-state index contributed by atoms with van der Waals surface area (Å²) in [7, 11) is 1.59. The Bertz CT molecular complexity index is 814. The zero-order chi connectivity index (χ0) is 16.2. The molecule has 1 amide bonds. The van der Waals surface area contributed by atoms with Crippen molar-refractivity contribution >= 4 is 33.7 Å². The molecule has 0 spiro atoms. The van der Waals surface area contributed by atoms with Gasteiger partial charge in [0.05, 0.1) is 5.69 Å². The molecule has 0 aliphatic rings. The standard InChI is InChI=1S/C15H14N4O2S2/c1-9-12(23-14(16-9)10-6-4-3-5-7-10)13(20)17-15-19-18-11(22-15)8-21-2/h3-7H,8H2,1-2H3,(H,17,19,20). The molecule has 118 valence electrons. The second-order valence-electron chi connectivity index (χ2n) is 4.69. The van der Waals surface area contributed by atoms with Crippen LogP contribution in [0.2, 0.25) is 0 Å². The maximum atomic E-state index is 12.4. The summed E-state index contributed by atoms with van der Waals surface area (Å²) in [5.74, 6) is -0.220. The highest BCUT2D eigenvalue weighted by Gasteiger charge is 2.17. The van der Waals surface area contributed by atoms with Gasteiger partial charge in [-0.15, -0.1) is 21.5 Å². The number of rotatable bonds is 5. The van der Waals surface area contributed by atoms with E-state index in [1.54, 1.807) is 7.11 Å². The molecule has 1 N–H and O–H groups in total. The van der Waals surface area contributed by atoms with Gasteiger partial charge in [0.25, 0.3) is 5.91 Å². The van der Waals surface area contributed by atoms with E-state index in [1.807, 2.05) is 37.3 Å². The van der Waals surface area contributed by atoms with Crippen molar-refractivity contribution in [2.45, 2.75) is 13.5 Å². The van der Waals surface area contributed by atoms with Gasteiger partial charge in [-0.1, -0.05) is 41.7 Å². The van der Waals surface area contributed by atoms with Crippen LogP contribution < -0.4 is 5.32 Å². The van der Waals surface area contributed by atoms with Gasteiger partial charge in [0, 0.05) is 12.7 Å². The fourth-order valence-corrected chi connectivity index (χ4v) is 3.63. The second kappa shape index (κ2) is 6.95. The lowest BCUT2D eigenvalue weighted by Crippen LogP contribution is -2.11. The summed E-state index contributed by atoms with van der Waals surface area (Å²) in [6.45, 7) is 2.21. The fourth-order valence-electron chi connectivity index (χ4n) is 1.95. The van der Waals surface area contributed by atoms with Gasteiger partial charge >= 0.3 is 0 Å². The van der Waals surface area contributed by atoms with Crippen molar-refractivity contribution in [3.63, 3.8) is 0 Å². The Morgan fingerprint density at radius 2 is 2.00 bits per heavy atom. The number of methoxy groups -OCH3 is 1. The zero-order valence-corrected chi connectivity index (χ0v) is 14.2. The number of hydrogen-bond donors (Lipinski definition) is 1. The molecule has 1 aromatic carbocycles. The molecule has 6 nitrogen and oxygen atoms in total. The molecule has 23 heavy (non-hydrogen) atoms. The van der Waals surface area contributed by atoms with Gasteiger partial charge in [0.2, 0.25) is 5.13 Å². The topological polar surface area (TPSA) is 77.0 Å². The number of anilines is 1. The van der Waals surface area contributed by atoms with Gasteiger partial charge in [0.1, 0.15) is 21.5 Å². The maximum absolute atomic E-state index is 12.4. The van der Waals surface area contributed by atoms with Crippen LogP contribution in [0.1, 0.15) is 20.4 Å². The molecule has 2 heterocycles. The molecular formula is C15H14N4O2S2. The molecule has 8 heteroatoms. The van der Waals surface area contributed by atoms with Crippen LogP contribution in [0, 0.1) is 6.92 Å². The van der Waals surface area contributed by atoms with Crippen molar-refractivity contribution in [3.8, 4) is 10.6 Å². The van der Waals surface area contributed by atoms with Crippen LogP contribution in [-0.2, 0) is 11.3 Å². The molecular weight excluding hydrogens is 332 g/mol. The number of nitrogens with zero attached hydrogens (tertiary/aromatic N) is 3. The van der Waals surface area contributed by atoms with Gasteiger partial charge in [-0.05, 0) is 6.92 Å². The predicted molar refractivity (Wildman–Crippen MR) is 90.9 cm³/mol. The van der Waals surface area contributed by atoms with Crippen molar-refractivity contribution in [3.05, 3.63) is 45.9 Å². The van der Waals surface area contributed by atoms with Crippen LogP contribution in [0.4, 0.5) is 5.13 Å². The average Bonchev–Trinajstić information content (AvgIpc) is 3.15. The summed E-state index contributed by atoms with van der Waals surface area (Å²) >= 11 is 2.66. The molecule has 3 rings (SSSR count). The molecule has 3 aromatic rings. The molecule has 0 radical (unpaired) electrons. The first-order valence-electron chi connectivity index (χ1n) is 6.83. The largest absolute Gasteiger partial charge is 0.377 e. The minimum absolute atomic E-state index is 0.220. The lowest BCUT2D eigenvalue weighted by molar-refractivity contribution is 0.102. The summed E-state index contributed by atoms with van der Waals surface area (Å²) in [6, 6.07) is 9.79. The Morgan fingerprint density at radius 1 is 1.22 bits per heavy atom. The van der Waals surface area contributed by atoms with Crippen LogP contribution in [0.3, 0.4) is 0 Å². The minimum atomic E-state index is -0.220. The number of benzene rings is 1. The highest BCUT2D eigenvalue weighted by molar-refractivity contribution is 7.17. The van der Waals surface area contributed by atoms with E-state index < -0.39 is 0 Å². The van der Waals surface area contributed by atoms with Gasteiger partial charge < -0.3 is 4.74 Å². The van der Waals surface area contributed by atoms with E-state index in [-0.39, 0.29) is 5.91 Å². The van der Waals surface area contributed by atoms with Crippen LogP contribution >= 0.6 is 22.7 Å². The Labute approximate surface area is 141 Å². The average molecular weight is 346 g/mol. The van der Waals surface area contributed by atoms with Gasteiger partial charge in [0.15, 0.2) is 0 Å². The number of thiazole rings is 1. The van der Waals surface area contributed by atoms with Gasteiger partial charge in [-0.3, -0.25) is 10.1 Å². The number of carbonyl (C=O) groups excluding carboxylic acids is 1. The van der Waals surface area contributed by atoms with Crippen molar-refractivity contribution in [1.82, 2.24) is 15.2 Å². The number of aryl methyl sites for hydroxylation is 1. The Hall–Kier alpha value is -2.16. The van der Waals surface area contributed by atoms with Gasteiger partial charge in [-0.2, -0.15) is 0 Å². The first-order valence-corrected chi connectivity index (χ1v) is 8.46. The molecule has 2 aromatic heterocycles. The smallest absolute Gasteiger partial charge is 0.269 e. The van der Waals surface area contributed by atoms with Gasteiger partial charge in [-0.25, -0.2) is 4.98 Å². The Morgan fingerprint density at radius 3 is 2.74 bits per heavy atom. The number of aromatic nitrogens is 3. The molecule has 0 aliphatic heterocycles. The highest BCUT2D eigenvalue weighted by atomic mass is 32.1. The molecule has 0 saturated heterocycles. The van der Waals surface area contributed by atoms with Crippen molar-refractivity contribution in [2.24, 2.45) is 0 Å². The van der Waals surface area contributed by atoms with Crippen LogP contribution in [0.5, 0.6) is 0 Å². The van der Waals surface area contributed by atoms with E-state index in [9.17, 15) is 4.79 Å². The molecule has 0 unspecified atom stereocenters. The number of ether oxygens (including phenoxy) is 1. The maximum Gasteiger partial charge on any atom is 0.269 e. The van der Waals surface area contributed by atoms with E-state index >= 15 is 0 Å². The van der Waals surface area contributed by atoms with Crippen LogP contribution in [-0.4, -0.2) is 28.2 Å². The monoisotopic (exact) mass is 346 g/mol. The minimum Gasteiger partial charge on any atom is -0.377 e. The van der Waals surface area contributed by atoms with Crippen LogP contribution in [0.15, 0.2) is 30.3 Å². The summed E-state index contributed by atoms with van der Waals surface area (Å²) in [5.41, 5.74) is 1.70. The molecule has 0 saturated carbocycles. The third-order valence-corrected chi connectivity index (χ3v) is 5.00. The normalized spacial score (nSPS) is 10.7. The van der Waals surface area contributed by atoms with E-state index in [1.165, 1.54) is 22.7 Å². The lowest BCUT2D eigenvalue weighted by atomic mass is 10.2. The van der Waals surface area contributed by atoms with E-state index in [0.717, 1.165) is 10.6 Å². The van der Waals surface area contributed by atoms with Crippen molar-refractivity contribution in [1.29, 1.82) is 0 Å². The Balaban J connectivity index is 1.78. The lowest BCUT2D eigenvalue weighted by Gasteiger charge is -1.98. The third-order valence-electron chi connectivity index (χ3n) is 2.98. The van der Waals surface area contributed by atoms with E-state index in [4.69, 9.17) is 4.74 Å². The van der Waals surface area contributed by atoms with Crippen molar-refractivity contribution in [2.75, 3.05) is 12.4 Å². The zero-order valence-electron chi connectivity index (χ0n) is 12.6. The number of hydrogen-bond acceptors (Lipinski definition) is 7. The highest BCUT2D eigenvalue weighted by Crippen LogP contribution is 2.28. The van der Waals surface area contributed by atoms with E-state index in [2.05, 4.69) is 20.5 Å². The number of amides is 1. The molecule has 0 fully saturated rings. The Kier molecular flexibility index (Phi) is 4.75. The second-order valence-corrected chi connectivity index (χ2v) is 6.75. The predicted octanol–water partition coefficient (Wildman–Crippen LogP) is 3.37. The summed E-state index contributed by atoms with van der Waals surface area (Å²) in [4.78, 5) is 17.5. The SMILES string of the molecule is COCc1nnc(NC(=O)c2sc(-c3ccccc3)nc2C)s1. The molecule has 0 aliphatic carbocycles. The first kappa shape index (κ1) is 15.7.